The molecule has 0 bridgehead atoms. The van der Waals surface area contributed by atoms with Gasteiger partial charge in [-0.15, -0.1) is 0 Å². The van der Waals surface area contributed by atoms with Gasteiger partial charge >= 0.3 is 0 Å². The number of nitrogens with zero attached hydrogens (tertiary/aromatic N) is 2. The van der Waals surface area contributed by atoms with Crippen molar-refractivity contribution >= 4 is 40.2 Å². The molecule has 4 nitrogen and oxygen atoms in total. The van der Waals surface area contributed by atoms with Crippen molar-refractivity contribution in [2.24, 2.45) is 0 Å². The average molecular weight is 349 g/mol. The monoisotopic (exact) mass is 348 g/mol. The molecule has 0 atom stereocenters. The van der Waals surface area contributed by atoms with Gasteiger partial charge in [0, 0.05) is 34.8 Å². The van der Waals surface area contributed by atoms with Crippen molar-refractivity contribution in [3.8, 4) is 11.5 Å². The van der Waals surface area contributed by atoms with E-state index in [0.717, 1.165) is 0 Å². The Morgan fingerprint density at radius 3 is 2.52 bits per heavy atom. The van der Waals surface area contributed by atoms with Gasteiger partial charge < -0.3 is 9.32 Å². The third-order valence-electron chi connectivity index (χ3n) is 3.57. The summed E-state index contributed by atoms with van der Waals surface area (Å²) in [5, 5.41) is 1.02. The summed E-state index contributed by atoms with van der Waals surface area (Å²) in [5.74, 6) is 0.357. The molecule has 3 aromatic rings. The van der Waals surface area contributed by atoms with Gasteiger partial charge in [-0.3, -0.25) is 4.79 Å². The summed E-state index contributed by atoms with van der Waals surface area (Å²) in [6.07, 6.45) is 0. The third kappa shape index (κ3) is 3.19. The van der Waals surface area contributed by atoms with Crippen molar-refractivity contribution in [3.63, 3.8) is 0 Å². The number of benzene rings is 2. The lowest BCUT2D eigenvalue weighted by Crippen LogP contribution is -2.26. The van der Waals surface area contributed by atoms with E-state index in [0.29, 0.717) is 44.7 Å². The molecule has 0 unspecified atom stereocenters. The highest BCUT2D eigenvalue weighted by molar-refractivity contribution is 6.35. The number of halogens is 2. The second kappa shape index (κ2) is 6.22. The highest BCUT2D eigenvalue weighted by Crippen LogP contribution is 2.29. The van der Waals surface area contributed by atoms with Crippen molar-refractivity contribution in [2.75, 3.05) is 13.6 Å². The Labute approximate surface area is 143 Å². The quantitative estimate of drug-likeness (QED) is 0.676. The molecule has 6 heteroatoms. The molecular weight excluding hydrogens is 335 g/mol. The van der Waals surface area contributed by atoms with Crippen molar-refractivity contribution in [1.82, 2.24) is 9.88 Å². The number of carbonyl (C=O) groups excluding carboxylic acids is 1. The fourth-order valence-electron chi connectivity index (χ4n) is 2.22. The van der Waals surface area contributed by atoms with Gasteiger partial charge in [0.15, 0.2) is 5.58 Å². The van der Waals surface area contributed by atoms with Crippen LogP contribution in [0.25, 0.3) is 22.6 Å². The Morgan fingerprint density at radius 1 is 1.17 bits per heavy atom. The van der Waals surface area contributed by atoms with Crippen molar-refractivity contribution in [1.29, 1.82) is 0 Å². The SMILES string of the molecule is CCN(C)C(=O)c1ccc2nc(-c3cc(Cl)cc(Cl)c3)oc2c1. The van der Waals surface area contributed by atoms with Gasteiger partial charge in [0.2, 0.25) is 5.89 Å². The molecule has 0 aliphatic heterocycles. The number of aromatic nitrogens is 1. The van der Waals surface area contributed by atoms with E-state index in [-0.39, 0.29) is 5.91 Å². The molecule has 0 N–H and O–H groups in total. The molecule has 0 radical (unpaired) electrons. The van der Waals surface area contributed by atoms with Gasteiger partial charge in [-0.2, -0.15) is 0 Å². The highest BCUT2D eigenvalue weighted by Gasteiger charge is 2.14. The van der Waals surface area contributed by atoms with Crippen LogP contribution in [0.1, 0.15) is 17.3 Å². The summed E-state index contributed by atoms with van der Waals surface area (Å²) in [6.45, 7) is 2.56. The molecule has 1 aromatic heterocycles. The summed E-state index contributed by atoms with van der Waals surface area (Å²) in [5.41, 5.74) is 2.48. The zero-order valence-electron chi connectivity index (χ0n) is 12.6. The maximum absolute atomic E-state index is 12.2. The van der Waals surface area contributed by atoms with E-state index in [2.05, 4.69) is 4.98 Å². The molecule has 3 rings (SSSR count). The minimum Gasteiger partial charge on any atom is -0.436 e. The Morgan fingerprint density at radius 2 is 1.87 bits per heavy atom. The molecule has 1 amide bonds. The minimum absolute atomic E-state index is 0.0573. The van der Waals surface area contributed by atoms with Crippen LogP contribution in [0.3, 0.4) is 0 Å². The normalized spacial score (nSPS) is 11.0. The molecule has 0 aliphatic rings. The third-order valence-corrected chi connectivity index (χ3v) is 4.00. The van der Waals surface area contributed by atoms with Gasteiger partial charge in [0.25, 0.3) is 5.91 Å². The fraction of sp³-hybridized carbons (Fsp3) is 0.176. The number of fused-ring (bicyclic) bond motifs is 1. The molecule has 2 aromatic carbocycles. The van der Waals surface area contributed by atoms with E-state index in [1.54, 1.807) is 48.3 Å². The van der Waals surface area contributed by atoms with E-state index in [1.807, 2.05) is 6.92 Å². The number of oxazole rings is 1. The summed E-state index contributed by atoms with van der Waals surface area (Å²) in [4.78, 5) is 18.3. The second-order valence-corrected chi connectivity index (χ2v) is 6.05. The van der Waals surface area contributed by atoms with E-state index in [9.17, 15) is 4.79 Å². The Balaban J connectivity index is 2.04. The van der Waals surface area contributed by atoms with E-state index >= 15 is 0 Å². The van der Waals surface area contributed by atoms with E-state index in [4.69, 9.17) is 27.6 Å². The predicted molar refractivity (Wildman–Crippen MR) is 92.1 cm³/mol. The van der Waals surface area contributed by atoms with E-state index < -0.39 is 0 Å². The first-order valence-electron chi connectivity index (χ1n) is 7.10. The number of amides is 1. The zero-order chi connectivity index (χ0) is 16.6. The maximum Gasteiger partial charge on any atom is 0.253 e. The molecule has 118 valence electrons. The van der Waals surface area contributed by atoms with Gasteiger partial charge in [-0.05, 0) is 43.3 Å². The topological polar surface area (TPSA) is 46.3 Å². The molecule has 0 saturated heterocycles. The lowest BCUT2D eigenvalue weighted by atomic mass is 10.2. The largest absolute Gasteiger partial charge is 0.436 e. The van der Waals surface area contributed by atoms with Crippen molar-refractivity contribution in [2.45, 2.75) is 6.92 Å². The first-order chi connectivity index (χ1) is 11.0. The number of hydrogen-bond donors (Lipinski definition) is 0. The lowest BCUT2D eigenvalue weighted by molar-refractivity contribution is 0.0802. The fourth-order valence-corrected chi connectivity index (χ4v) is 2.75. The maximum atomic E-state index is 12.2. The predicted octanol–water partition coefficient (Wildman–Crippen LogP) is 4.89. The Bertz CT molecular complexity index is 869. The standard InChI is InChI=1S/C17H14Cl2N2O2/c1-3-21(2)17(22)10-4-5-14-15(8-10)23-16(20-14)11-6-12(18)9-13(19)7-11/h4-9H,3H2,1-2H3. The molecule has 0 saturated carbocycles. The summed E-state index contributed by atoms with van der Waals surface area (Å²) < 4.78 is 5.77. The van der Waals surface area contributed by atoms with Crippen LogP contribution in [0.4, 0.5) is 0 Å². The Kier molecular flexibility index (Phi) is 4.28. The number of hydrogen-bond acceptors (Lipinski definition) is 3. The van der Waals surface area contributed by atoms with Crippen LogP contribution in [0.2, 0.25) is 10.0 Å². The lowest BCUT2D eigenvalue weighted by Gasteiger charge is -2.13. The molecule has 0 aliphatic carbocycles. The number of rotatable bonds is 3. The molecule has 0 spiro atoms. The van der Waals surface area contributed by atoms with Crippen LogP contribution in [0.15, 0.2) is 40.8 Å². The van der Waals surface area contributed by atoms with Crippen molar-refractivity contribution < 1.29 is 9.21 Å². The average Bonchev–Trinajstić information content (AvgIpc) is 2.95. The number of carbonyl (C=O) groups is 1. The summed E-state index contributed by atoms with van der Waals surface area (Å²) in [7, 11) is 1.76. The van der Waals surface area contributed by atoms with Crippen LogP contribution in [-0.2, 0) is 0 Å². The van der Waals surface area contributed by atoms with Crippen LogP contribution >= 0.6 is 23.2 Å². The van der Waals surface area contributed by atoms with Crippen LogP contribution in [0.5, 0.6) is 0 Å². The molecule has 1 heterocycles. The first-order valence-corrected chi connectivity index (χ1v) is 7.86. The summed E-state index contributed by atoms with van der Waals surface area (Å²) in [6, 6.07) is 10.3. The Hall–Kier alpha value is -2.04. The smallest absolute Gasteiger partial charge is 0.253 e. The van der Waals surface area contributed by atoms with Crippen LogP contribution < -0.4 is 0 Å². The van der Waals surface area contributed by atoms with Gasteiger partial charge in [-0.25, -0.2) is 4.98 Å². The van der Waals surface area contributed by atoms with Gasteiger partial charge in [0.1, 0.15) is 5.52 Å². The second-order valence-electron chi connectivity index (χ2n) is 5.18. The van der Waals surface area contributed by atoms with Crippen LogP contribution in [0, 0.1) is 0 Å². The van der Waals surface area contributed by atoms with Crippen molar-refractivity contribution in [3.05, 3.63) is 52.0 Å². The highest BCUT2D eigenvalue weighted by atomic mass is 35.5. The van der Waals surface area contributed by atoms with Gasteiger partial charge in [0.05, 0.1) is 0 Å². The molecular formula is C17H14Cl2N2O2. The first kappa shape index (κ1) is 15.8. The zero-order valence-corrected chi connectivity index (χ0v) is 14.1. The molecule has 23 heavy (non-hydrogen) atoms. The molecule has 0 fully saturated rings. The van der Waals surface area contributed by atoms with Gasteiger partial charge in [-0.1, -0.05) is 23.2 Å². The van der Waals surface area contributed by atoms with Crippen LogP contribution in [-0.4, -0.2) is 29.4 Å². The van der Waals surface area contributed by atoms with E-state index in [1.165, 1.54) is 0 Å². The summed E-state index contributed by atoms with van der Waals surface area (Å²) >= 11 is 12.0. The minimum atomic E-state index is -0.0573.